The van der Waals surface area contributed by atoms with E-state index in [0.717, 1.165) is 12.1 Å². The minimum absolute atomic E-state index is 0.229. The van der Waals surface area contributed by atoms with E-state index in [1.54, 1.807) is 36.1 Å². The molecule has 3 N–H and O–H groups in total. The van der Waals surface area contributed by atoms with Crippen LogP contribution in [0.15, 0.2) is 24.3 Å². The number of methoxy groups -OCH3 is 1. The summed E-state index contributed by atoms with van der Waals surface area (Å²) >= 11 is 0. The van der Waals surface area contributed by atoms with Crippen molar-refractivity contribution < 1.29 is 9.53 Å². The molecule has 1 amide bonds. The third kappa shape index (κ3) is 3.16. The first kappa shape index (κ1) is 14.9. The van der Waals surface area contributed by atoms with Crippen LogP contribution < -0.4 is 15.8 Å². The lowest BCUT2D eigenvalue weighted by Gasteiger charge is -2.11. The number of anilines is 2. The van der Waals surface area contributed by atoms with Crippen LogP contribution in [-0.4, -0.2) is 22.8 Å². The Balaban J connectivity index is 2.29. The highest BCUT2D eigenvalue weighted by Crippen LogP contribution is 2.27. The second-order valence-corrected chi connectivity index (χ2v) is 4.60. The van der Waals surface area contributed by atoms with Crippen molar-refractivity contribution in [2.45, 2.75) is 26.8 Å². The SMILES string of the molecule is CCc1cc(C(=O)Nc2cc(N)ccc2OC)n(CC)n1. The highest BCUT2D eigenvalue weighted by molar-refractivity contribution is 6.04. The summed E-state index contributed by atoms with van der Waals surface area (Å²) in [6.45, 7) is 4.59. The van der Waals surface area contributed by atoms with Gasteiger partial charge in [0.25, 0.3) is 5.91 Å². The Bertz CT molecular complexity index is 649. The molecule has 1 aromatic carbocycles. The summed E-state index contributed by atoms with van der Waals surface area (Å²) in [6, 6.07) is 6.92. The molecule has 0 spiro atoms. The Morgan fingerprint density at radius 1 is 1.38 bits per heavy atom. The molecule has 21 heavy (non-hydrogen) atoms. The van der Waals surface area contributed by atoms with Gasteiger partial charge in [-0.3, -0.25) is 9.48 Å². The van der Waals surface area contributed by atoms with Crippen molar-refractivity contribution in [3.05, 3.63) is 35.7 Å². The van der Waals surface area contributed by atoms with Gasteiger partial charge in [0, 0.05) is 12.2 Å². The lowest BCUT2D eigenvalue weighted by molar-refractivity contribution is 0.101. The van der Waals surface area contributed by atoms with E-state index < -0.39 is 0 Å². The Morgan fingerprint density at radius 3 is 2.76 bits per heavy atom. The van der Waals surface area contributed by atoms with Gasteiger partial charge in [-0.15, -0.1) is 0 Å². The summed E-state index contributed by atoms with van der Waals surface area (Å²) in [5.74, 6) is 0.337. The largest absolute Gasteiger partial charge is 0.495 e. The molecule has 0 bridgehead atoms. The number of hydrogen-bond acceptors (Lipinski definition) is 4. The molecule has 0 unspecified atom stereocenters. The van der Waals surface area contributed by atoms with Crippen LogP contribution in [0.3, 0.4) is 0 Å². The van der Waals surface area contributed by atoms with Gasteiger partial charge in [0.1, 0.15) is 11.4 Å². The van der Waals surface area contributed by atoms with Gasteiger partial charge in [-0.25, -0.2) is 0 Å². The zero-order chi connectivity index (χ0) is 15.4. The molecule has 2 aromatic rings. The van der Waals surface area contributed by atoms with Crippen molar-refractivity contribution in [2.75, 3.05) is 18.2 Å². The van der Waals surface area contributed by atoms with Crippen LogP contribution in [0.1, 0.15) is 30.0 Å². The fourth-order valence-corrected chi connectivity index (χ4v) is 2.08. The van der Waals surface area contributed by atoms with Crippen LogP contribution in [-0.2, 0) is 13.0 Å². The van der Waals surface area contributed by atoms with E-state index in [1.807, 2.05) is 13.8 Å². The van der Waals surface area contributed by atoms with Crippen molar-refractivity contribution in [1.82, 2.24) is 9.78 Å². The van der Waals surface area contributed by atoms with Crippen molar-refractivity contribution in [3.8, 4) is 5.75 Å². The van der Waals surface area contributed by atoms with Crippen molar-refractivity contribution >= 4 is 17.3 Å². The number of carbonyl (C=O) groups excluding carboxylic acids is 1. The van der Waals surface area contributed by atoms with Gasteiger partial charge in [0.2, 0.25) is 0 Å². The standard InChI is InChI=1S/C15H20N4O2/c1-4-11-9-13(19(5-2)18-11)15(20)17-12-8-10(16)6-7-14(12)21-3/h6-9H,4-5,16H2,1-3H3,(H,17,20). The van der Waals surface area contributed by atoms with Crippen LogP contribution in [0.25, 0.3) is 0 Å². The number of amides is 1. The fraction of sp³-hybridized carbons (Fsp3) is 0.333. The van der Waals surface area contributed by atoms with Crippen LogP contribution in [0.4, 0.5) is 11.4 Å². The molecule has 2 rings (SSSR count). The first-order valence-corrected chi connectivity index (χ1v) is 6.90. The molecule has 112 valence electrons. The number of carbonyl (C=O) groups is 1. The van der Waals surface area contributed by atoms with Gasteiger partial charge in [0.05, 0.1) is 18.5 Å². The number of ether oxygens (including phenoxy) is 1. The molecule has 0 aliphatic carbocycles. The molecule has 0 atom stereocenters. The zero-order valence-corrected chi connectivity index (χ0v) is 12.5. The number of aryl methyl sites for hydroxylation is 2. The summed E-state index contributed by atoms with van der Waals surface area (Å²) in [7, 11) is 1.55. The minimum atomic E-state index is -0.229. The molecule has 0 fully saturated rings. The normalized spacial score (nSPS) is 10.4. The maximum absolute atomic E-state index is 12.4. The molecule has 1 heterocycles. The van der Waals surface area contributed by atoms with Gasteiger partial charge < -0.3 is 15.8 Å². The Morgan fingerprint density at radius 2 is 2.14 bits per heavy atom. The predicted molar refractivity (Wildman–Crippen MR) is 82.6 cm³/mol. The van der Waals surface area contributed by atoms with Crippen LogP contribution in [0.2, 0.25) is 0 Å². The van der Waals surface area contributed by atoms with Crippen LogP contribution in [0, 0.1) is 0 Å². The smallest absolute Gasteiger partial charge is 0.274 e. The van der Waals surface area contributed by atoms with Gasteiger partial charge in [-0.1, -0.05) is 6.92 Å². The Hall–Kier alpha value is -2.50. The maximum atomic E-state index is 12.4. The summed E-state index contributed by atoms with van der Waals surface area (Å²) < 4.78 is 6.91. The monoisotopic (exact) mass is 288 g/mol. The molecular formula is C15H20N4O2. The van der Waals surface area contributed by atoms with E-state index in [2.05, 4.69) is 10.4 Å². The molecule has 0 aliphatic heterocycles. The van der Waals surface area contributed by atoms with Crippen LogP contribution in [0.5, 0.6) is 5.75 Å². The summed E-state index contributed by atoms with van der Waals surface area (Å²) in [4.78, 5) is 12.4. The quantitative estimate of drug-likeness (QED) is 0.827. The average molecular weight is 288 g/mol. The fourth-order valence-electron chi connectivity index (χ4n) is 2.08. The van der Waals surface area contributed by atoms with Crippen molar-refractivity contribution in [1.29, 1.82) is 0 Å². The molecule has 1 aromatic heterocycles. The second-order valence-electron chi connectivity index (χ2n) is 4.60. The molecule has 0 radical (unpaired) electrons. The first-order valence-electron chi connectivity index (χ1n) is 6.90. The van der Waals surface area contributed by atoms with Crippen molar-refractivity contribution in [2.24, 2.45) is 0 Å². The van der Waals surface area contributed by atoms with E-state index in [0.29, 0.717) is 29.4 Å². The molecule has 0 saturated carbocycles. The number of nitrogens with one attached hydrogen (secondary N) is 1. The zero-order valence-electron chi connectivity index (χ0n) is 12.5. The van der Waals surface area contributed by atoms with Gasteiger partial charge in [-0.05, 0) is 37.6 Å². The number of nitrogens with zero attached hydrogens (tertiary/aromatic N) is 2. The average Bonchev–Trinajstić information content (AvgIpc) is 2.91. The topological polar surface area (TPSA) is 82.2 Å². The number of benzene rings is 1. The number of rotatable bonds is 5. The first-order chi connectivity index (χ1) is 10.1. The number of aromatic nitrogens is 2. The Labute approximate surface area is 123 Å². The third-order valence-electron chi connectivity index (χ3n) is 3.20. The lowest BCUT2D eigenvalue weighted by Crippen LogP contribution is -2.17. The lowest BCUT2D eigenvalue weighted by atomic mass is 10.2. The van der Waals surface area contributed by atoms with E-state index in [9.17, 15) is 4.79 Å². The molecule has 0 saturated heterocycles. The maximum Gasteiger partial charge on any atom is 0.274 e. The van der Waals surface area contributed by atoms with Gasteiger partial charge >= 0.3 is 0 Å². The summed E-state index contributed by atoms with van der Waals surface area (Å²) in [5, 5.41) is 7.20. The van der Waals surface area contributed by atoms with Gasteiger partial charge in [0.15, 0.2) is 0 Å². The third-order valence-corrected chi connectivity index (χ3v) is 3.20. The molecule has 6 heteroatoms. The highest BCUT2D eigenvalue weighted by atomic mass is 16.5. The second kappa shape index (κ2) is 6.30. The number of nitrogens with two attached hydrogens (primary N) is 1. The summed E-state index contributed by atoms with van der Waals surface area (Å²) in [5.41, 5.74) is 8.28. The molecular weight excluding hydrogens is 268 g/mol. The summed E-state index contributed by atoms with van der Waals surface area (Å²) in [6.07, 6.45) is 0.787. The minimum Gasteiger partial charge on any atom is -0.495 e. The van der Waals surface area contributed by atoms with E-state index in [-0.39, 0.29) is 5.91 Å². The highest BCUT2D eigenvalue weighted by Gasteiger charge is 2.16. The van der Waals surface area contributed by atoms with Crippen LogP contribution >= 0.6 is 0 Å². The van der Waals surface area contributed by atoms with Crippen molar-refractivity contribution in [3.63, 3.8) is 0 Å². The number of hydrogen-bond donors (Lipinski definition) is 2. The van der Waals surface area contributed by atoms with E-state index >= 15 is 0 Å². The van der Waals surface area contributed by atoms with E-state index in [4.69, 9.17) is 10.5 Å². The predicted octanol–water partition coefficient (Wildman–Crippen LogP) is 2.31. The Kier molecular flexibility index (Phi) is 4.47. The molecule has 0 aliphatic rings. The number of nitrogen functional groups attached to an aromatic ring is 1. The molecule has 6 nitrogen and oxygen atoms in total. The van der Waals surface area contributed by atoms with E-state index in [1.165, 1.54) is 0 Å². The van der Waals surface area contributed by atoms with Gasteiger partial charge in [-0.2, -0.15) is 5.10 Å².